The number of nitrogens with one attached hydrogen (secondary N) is 1. The molecule has 106 valence electrons. The number of carbonyl (C=O) groups excluding carboxylic acids is 1. The summed E-state index contributed by atoms with van der Waals surface area (Å²) < 4.78 is 23.3. The molecular formula is C14H20FNO3. The van der Waals surface area contributed by atoms with Gasteiger partial charge in [0.15, 0.2) is 0 Å². The summed E-state index contributed by atoms with van der Waals surface area (Å²) in [6, 6.07) is 5.73. The number of alkyl carbamates (subject to hydrolysis) is 1. The van der Waals surface area contributed by atoms with Crippen LogP contribution in [-0.4, -0.2) is 24.3 Å². The van der Waals surface area contributed by atoms with Crippen LogP contribution in [0.3, 0.4) is 0 Å². The summed E-state index contributed by atoms with van der Waals surface area (Å²) in [4.78, 5) is 11.4. The lowest BCUT2D eigenvalue weighted by atomic mass is 10.2. The number of rotatable bonds is 4. The Kier molecular flexibility index (Phi) is 5.15. The maximum atomic E-state index is 12.7. The van der Waals surface area contributed by atoms with Crippen LogP contribution >= 0.6 is 0 Å². The van der Waals surface area contributed by atoms with Crippen LogP contribution in [0, 0.1) is 5.82 Å². The van der Waals surface area contributed by atoms with E-state index in [0.29, 0.717) is 12.3 Å². The molecule has 1 aromatic rings. The summed E-state index contributed by atoms with van der Waals surface area (Å²) in [5.74, 6) is 0.242. The summed E-state index contributed by atoms with van der Waals surface area (Å²) in [7, 11) is 0. The van der Waals surface area contributed by atoms with E-state index in [2.05, 4.69) is 5.32 Å². The molecule has 4 nitrogen and oxygen atoms in total. The van der Waals surface area contributed by atoms with Gasteiger partial charge in [0, 0.05) is 0 Å². The van der Waals surface area contributed by atoms with Crippen LogP contribution < -0.4 is 10.1 Å². The Morgan fingerprint density at radius 2 is 1.89 bits per heavy atom. The molecule has 5 heteroatoms. The monoisotopic (exact) mass is 269 g/mol. The predicted molar refractivity (Wildman–Crippen MR) is 70.7 cm³/mol. The molecule has 0 aliphatic heterocycles. The highest BCUT2D eigenvalue weighted by molar-refractivity contribution is 5.67. The van der Waals surface area contributed by atoms with E-state index in [1.165, 1.54) is 12.1 Å². The lowest BCUT2D eigenvalue weighted by molar-refractivity contribution is 0.0505. The van der Waals surface area contributed by atoms with Gasteiger partial charge in [-0.2, -0.15) is 0 Å². The molecule has 1 aromatic carbocycles. The molecule has 0 aromatic heterocycles. The Morgan fingerprint density at radius 1 is 1.32 bits per heavy atom. The van der Waals surface area contributed by atoms with Crippen molar-refractivity contribution in [3.8, 4) is 5.75 Å². The maximum absolute atomic E-state index is 12.7. The van der Waals surface area contributed by atoms with Gasteiger partial charge in [0.1, 0.15) is 23.3 Å². The van der Waals surface area contributed by atoms with Crippen LogP contribution in [0.5, 0.6) is 5.75 Å². The number of hydrogen-bond donors (Lipinski definition) is 1. The molecular weight excluding hydrogens is 249 g/mol. The fraction of sp³-hybridized carbons (Fsp3) is 0.500. The molecule has 0 saturated carbocycles. The van der Waals surface area contributed by atoms with Crippen molar-refractivity contribution in [1.29, 1.82) is 0 Å². The van der Waals surface area contributed by atoms with Crippen LogP contribution in [0.25, 0.3) is 0 Å². The van der Waals surface area contributed by atoms with Gasteiger partial charge in [0.25, 0.3) is 0 Å². The normalized spacial score (nSPS) is 12.7. The van der Waals surface area contributed by atoms with Crippen molar-refractivity contribution >= 4 is 6.09 Å². The number of carbonyl (C=O) groups is 1. The van der Waals surface area contributed by atoms with Crippen LogP contribution in [0.15, 0.2) is 24.3 Å². The van der Waals surface area contributed by atoms with E-state index in [4.69, 9.17) is 9.47 Å². The number of halogens is 1. The van der Waals surface area contributed by atoms with Crippen molar-refractivity contribution in [3.05, 3.63) is 30.1 Å². The molecule has 1 rings (SSSR count). The quantitative estimate of drug-likeness (QED) is 0.913. The molecule has 0 aliphatic rings. The second kappa shape index (κ2) is 6.41. The van der Waals surface area contributed by atoms with Gasteiger partial charge in [0.2, 0.25) is 0 Å². The van der Waals surface area contributed by atoms with Crippen molar-refractivity contribution < 1.29 is 18.7 Å². The summed E-state index contributed by atoms with van der Waals surface area (Å²) in [5, 5.41) is 2.61. The first kappa shape index (κ1) is 15.3. The van der Waals surface area contributed by atoms with E-state index in [9.17, 15) is 9.18 Å². The molecule has 19 heavy (non-hydrogen) atoms. The predicted octanol–water partition coefficient (Wildman–Crippen LogP) is 3.12. The summed E-state index contributed by atoms with van der Waals surface area (Å²) in [6.07, 6.45) is -0.722. The third-order valence-electron chi connectivity index (χ3n) is 2.08. The first-order chi connectivity index (χ1) is 8.76. The van der Waals surface area contributed by atoms with Crippen LogP contribution in [0.2, 0.25) is 0 Å². The van der Waals surface area contributed by atoms with Crippen LogP contribution in [-0.2, 0) is 4.74 Å². The van der Waals surface area contributed by atoms with E-state index >= 15 is 0 Å². The Bertz CT molecular complexity index is 412. The maximum Gasteiger partial charge on any atom is 0.407 e. The van der Waals surface area contributed by atoms with Crippen LogP contribution in [0.1, 0.15) is 27.7 Å². The van der Waals surface area contributed by atoms with E-state index in [0.717, 1.165) is 0 Å². The fourth-order valence-corrected chi connectivity index (χ4v) is 1.33. The SMILES string of the molecule is C[C@H](CNC(=O)OC(C)(C)C)Oc1ccc(F)cc1. The van der Waals surface area contributed by atoms with Crippen molar-refractivity contribution in [1.82, 2.24) is 5.32 Å². The third kappa shape index (κ3) is 6.64. The van der Waals surface area contributed by atoms with Gasteiger partial charge < -0.3 is 14.8 Å². The number of ether oxygens (including phenoxy) is 2. The van der Waals surface area contributed by atoms with Crippen molar-refractivity contribution in [2.75, 3.05) is 6.54 Å². The highest BCUT2D eigenvalue weighted by Gasteiger charge is 2.16. The fourth-order valence-electron chi connectivity index (χ4n) is 1.33. The molecule has 0 heterocycles. The smallest absolute Gasteiger partial charge is 0.407 e. The molecule has 0 saturated heterocycles. The highest BCUT2D eigenvalue weighted by atomic mass is 19.1. The lowest BCUT2D eigenvalue weighted by Crippen LogP contribution is -2.37. The van der Waals surface area contributed by atoms with Crippen molar-refractivity contribution in [3.63, 3.8) is 0 Å². The average Bonchev–Trinajstić information content (AvgIpc) is 2.27. The standard InChI is InChI=1S/C14H20FNO3/c1-10(9-16-13(17)19-14(2,3)4)18-12-7-5-11(15)6-8-12/h5-8,10H,9H2,1-4H3,(H,16,17)/t10-/m1/s1. The highest BCUT2D eigenvalue weighted by Crippen LogP contribution is 2.12. The van der Waals surface area contributed by atoms with Crippen molar-refractivity contribution in [2.24, 2.45) is 0 Å². The van der Waals surface area contributed by atoms with Gasteiger partial charge in [-0.15, -0.1) is 0 Å². The van der Waals surface area contributed by atoms with Gasteiger partial charge in [-0.3, -0.25) is 0 Å². The van der Waals surface area contributed by atoms with Gasteiger partial charge >= 0.3 is 6.09 Å². The number of hydrogen-bond acceptors (Lipinski definition) is 3. The zero-order valence-corrected chi connectivity index (χ0v) is 11.7. The first-order valence-electron chi connectivity index (χ1n) is 6.15. The molecule has 1 atom stereocenters. The summed E-state index contributed by atoms with van der Waals surface area (Å²) in [6.45, 7) is 7.51. The second-order valence-corrected chi connectivity index (χ2v) is 5.27. The molecule has 0 unspecified atom stereocenters. The molecule has 0 aliphatic carbocycles. The Hall–Kier alpha value is -1.78. The Labute approximate surface area is 112 Å². The number of amides is 1. The average molecular weight is 269 g/mol. The Morgan fingerprint density at radius 3 is 2.42 bits per heavy atom. The van der Waals surface area contributed by atoms with Gasteiger partial charge in [-0.25, -0.2) is 9.18 Å². The van der Waals surface area contributed by atoms with Crippen molar-refractivity contribution in [2.45, 2.75) is 39.4 Å². The third-order valence-corrected chi connectivity index (χ3v) is 2.08. The Balaban J connectivity index is 2.33. The topological polar surface area (TPSA) is 47.6 Å². The zero-order valence-electron chi connectivity index (χ0n) is 11.7. The molecule has 1 N–H and O–H groups in total. The lowest BCUT2D eigenvalue weighted by Gasteiger charge is -2.21. The molecule has 0 fully saturated rings. The molecule has 0 bridgehead atoms. The van der Waals surface area contributed by atoms with E-state index in [1.807, 2.05) is 0 Å². The molecule has 0 radical (unpaired) electrons. The minimum atomic E-state index is -0.523. The minimum Gasteiger partial charge on any atom is -0.489 e. The van der Waals surface area contributed by atoms with Gasteiger partial charge in [-0.1, -0.05) is 0 Å². The second-order valence-electron chi connectivity index (χ2n) is 5.27. The summed E-state index contributed by atoms with van der Waals surface area (Å²) in [5.41, 5.74) is -0.523. The van der Waals surface area contributed by atoms with Gasteiger partial charge in [0.05, 0.1) is 6.54 Å². The van der Waals surface area contributed by atoms with Gasteiger partial charge in [-0.05, 0) is 52.0 Å². The van der Waals surface area contributed by atoms with E-state index in [1.54, 1.807) is 39.8 Å². The zero-order chi connectivity index (χ0) is 14.5. The summed E-state index contributed by atoms with van der Waals surface area (Å²) >= 11 is 0. The minimum absolute atomic E-state index is 0.238. The largest absolute Gasteiger partial charge is 0.489 e. The first-order valence-corrected chi connectivity index (χ1v) is 6.15. The van der Waals surface area contributed by atoms with E-state index < -0.39 is 11.7 Å². The van der Waals surface area contributed by atoms with E-state index in [-0.39, 0.29) is 11.9 Å². The number of benzene rings is 1. The molecule has 1 amide bonds. The van der Waals surface area contributed by atoms with Crippen LogP contribution in [0.4, 0.5) is 9.18 Å². The molecule has 0 spiro atoms.